The van der Waals surface area contributed by atoms with Crippen LogP contribution in [-0.4, -0.2) is 13.0 Å². The van der Waals surface area contributed by atoms with Gasteiger partial charge in [0.15, 0.2) is 0 Å². The molecule has 16 heavy (non-hydrogen) atoms. The Morgan fingerprint density at radius 2 is 1.62 bits per heavy atom. The van der Waals surface area contributed by atoms with Gasteiger partial charge >= 0.3 is 10.3 Å². The van der Waals surface area contributed by atoms with Crippen LogP contribution in [-0.2, 0) is 10.3 Å². The van der Waals surface area contributed by atoms with Crippen LogP contribution < -0.4 is 15.8 Å². The van der Waals surface area contributed by atoms with Gasteiger partial charge in [0.2, 0.25) is 0 Å². The van der Waals surface area contributed by atoms with Gasteiger partial charge in [-0.25, -0.2) is 0 Å². The van der Waals surface area contributed by atoms with Crippen molar-refractivity contribution in [3.05, 3.63) is 27.2 Å². The van der Waals surface area contributed by atoms with Crippen molar-refractivity contribution in [1.29, 1.82) is 0 Å². The van der Waals surface area contributed by atoms with Crippen molar-refractivity contribution in [3.8, 4) is 0 Å². The average Bonchev–Trinajstić information content (AvgIpc) is 2.07. The molecule has 0 aliphatic carbocycles. The molecule has 0 radical (unpaired) electrons. The molecule has 6 nitrogen and oxygen atoms in total. The fraction of sp³-hybridized carbons (Fsp3) is 0. The maximum atomic E-state index is 10.3. The van der Waals surface area contributed by atoms with E-state index in [4.69, 9.17) is 39.4 Å². The number of benzene rings is 1. The predicted molar refractivity (Wildman–Crippen MR) is 62.9 cm³/mol. The highest BCUT2D eigenvalue weighted by atomic mass is 35.5. The summed E-state index contributed by atoms with van der Waals surface area (Å²) in [7, 11) is -4.36. The van der Waals surface area contributed by atoms with Crippen LogP contribution in [0.2, 0.25) is 15.1 Å². The Balaban J connectivity index is 2.75. The average molecular weight is 307 g/mol. The zero-order valence-electron chi connectivity index (χ0n) is 7.46. The molecule has 0 amide bonds. The van der Waals surface area contributed by atoms with Crippen LogP contribution in [0.3, 0.4) is 0 Å². The Labute approximate surface area is 107 Å². The zero-order valence-corrected chi connectivity index (χ0v) is 10.5. The van der Waals surface area contributed by atoms with Crippen molar-refractivity contribution < 1.29 is 13.0 Å². The van der Waals surface area contributed by atoms with Crippen molar-refractivity contribution in [2.75, 3.05) is 5.43 Å². The van der Waals surface area contributed by atoms with E-state index in [1.807, 2.05) is 5.53 Å². The summed E-state index contributed by atoms with van der Waals surface area (Å²) in [6, 6.07) is 2.82. The van der Waals surface area contributed by atoms with Gasteiger partial charge in [-0.15, -0.1) is 4.83 Å². The number of hydrazine groups is 2. The predicted octanol–water partition coefficient (Wildman–Crippen LogP) is 1.87. The SMILES string of the molecule is O=S(=O)(O)NNNc1c(Cl)cc(Cl)cc1Cl. The normalized spacial score (nSPS) is 11.5. The summed E-state index contributed by atoms with van der Waals surface area (Å²) in [6.07, 6.45) is 0. The molecule has 0 atom stereocenters. The third-order valence-corrected chi connectivity index (χ3v) is 2.55. The fourth-order valence-electron chi connectivity index (χ4n) is 0.814. The molecule has 0 heterocycles. The molecule has 0 aliphatic heterocycles. The van der Waals surface area contributed by atoms with E-state index < -0.39 is 10.3 Å². The highest BCUT2D eigenvalue weighted by Gasteiger charge is 2.08. The molecule has 0 aliphatic rings. The Morgan fingerprint density at radius 3 is 2.06 bits per heavy atom. The first-order chi connectivity index (χ1) is 7.29. The highest BCUT2D eigenvalue weighted by molar-refractivity contribution is 7.83. The van der Waals surface area contributed by atoms with Gasteiger partial charge < -0.3 is 5.43 Å². The second-order valence-corrected chi connectivity index (χ2v) is 4.98. The van der Waals surface area contributed by atoms with E-state index in [0.29, 0.717) is 5.02 Å². The van der Waals surface area contributed by atoms with Crippen molar-refractivity contribution >= 4 is 50.8 Å². The summed E-state index contributed by atoms with van der Waals surface area (Å²) in [5.41, 5.74) is 4.55. The second kappa shape index (κ2) is 5.37. The lowest BCUT2D eigenvalue weighted by Gasteiger charge is -2.11. The van der Waals surface area contributed by atoms with Crippen LogP contribution in [0.5, 0.6) is 0 Å². The summed E-state index contributed by atoms with van der Waals surface area (Å²) < 4.78 is 29.0. The van der Waals surface area contributed by atoms with E-state index in [1.165, 1.54) is 12.1 Å². The van der Waals surface area contributed by atoms with Crippen LogP contribution in [0, 0.1) is 0 Å². The standard InChI is InChI=1S/C6H6Cl3N3O3S/c7-3-1-4(8)6(5(9)2-3)10-11-12-16(13,14)15/h1-2,10-12H,(H,13,14,15). The molecule has 0 bridgehead atoms. The van der Waals surface area contributed by atoms with Gasteiger partial charge in [-0.1, -0.05) is 34.8 Å². The maximum absolute atomic E-state index is 10.3. The molecule has 10 heteroatoms. The van der Waals surface area contributed by atoms with Gasteiger partial charge in [-0.2, -0.15) is 14.0 Å². The Morgan fingerprint density at radius 1 is 1.12 bits per heavy atom. The minimum absolute atomic E-state index is 0.183. The first kappa shape index (κ1) is 13.8. The van der Waals surface area contributed by atoms with E-state index in [-0.39, 0.29) is 15.7 Å². The third-order valence-electron chi connectivity index (χ3n) is 1.37. The minimum Gasteiger partial charge on any atom is -0.304 e. The van der Waals surface area contributed by atoms with Crippen LogP contribution in [0.15, 0.2) is 12.1 Å². The Bertz CT molecular complexity index is 470. The molecule has 0 fully saturated rings. The van der Waals surface area contributed by atoms with E-state index in [1.54, 1.807) is 4.83 Å². The lowest BCUT2D eigenvalue weighted by atomic mass is 10.3. The number of hydrogen-bond acceptors (Lipinski definition) is 4. The van der Waals surface area contributed by atoms with E-state index in [0.717, 1.165) is 0 Å². The first-order valence-corrected chi connectivity index (χ1v) is 6.27. The smallest absolute Gasteiger partial charge is 0.304 e. The lowest BCUT2D eigenvalue weighted by Crippen LogP contribution is -2.40. The van der Waals surface area contributed by atoms with Gasteiger partial charge in [0, 0.05) is 5.02 Å². The molecule has 0 aromatic heterocycles. The molecule has 0 unspecified atom stereocenters. The summed E-state index contributed by atoms with van der Waals surface area (Å²) in [5, 5.41) is 0.701. The molecular formula is C6H6Cl3N3O3S. The van der Waals surface area contributed by atoms with E-state index in [2.05, 4.69) is 5.43 Å². The van der Waals surface area contributed by atoms with Gasteiger partial charge in [-0.3, -0.25) is 4.55 Å². The number of nitrogens with one attached hydrogen (secondary N) is 3. The van der Waals surface area contributed by atoms with E-state index in [9.17, 15) is 8.42 Å². The maximum Gasteiger partial charge on any atom is 0.347 e. The number of anilines is 1. The number of rotatable bonds is 4. The van der Waals surface area contributed by atoms with Crippen molar-refractivity contribution in [2.45, 2.75) is 0 Å². The summed E-state index contributed by atoms with van der Waals surface area (Å²) in [6.45, 7) is 0. The first-order valence-electron chi connectivity index (χ1n) is 3.69. The topological polar surface area (TPSA) is 90.5 Å². The molecule has 1 rings (SSSR count). The molecule has 4 N–H and O–H groups in total. The monoisotopic (exact) mass is 305 g/mol. The lowest BCUT2D eigenvalue weighted by molar-refractivity contribution is 0.458. The van der Waals surface area contributed by atoms with Crippen LogP contribution in [0.4, 0.5) is 5.69 Å². The van der Waals surface area contributed by atoms with Gasteiger partial charge in [-0.05, 0) is 12.1 Å². The van der Waals surface area contributed by atoms with Crippen LogP contribution in [0.25, 0.3) is 0 Å². The van der Waals surface area contributed by atoms with Gasteiger partial charge in [0.05, 0.1) is 15.7 Å². The number of halogens is 3. The molecular weight excluding hydrogens is 301 g/mol. The molecule has 0 saturated carbocycles. The molecule has 90 valence electrons. The zero-order chi connectivity index (χ0) is 12.3. The van der Waals surface area contributed by atoms with Crippen molar-refractivity contribution in [1.82, 2.24) is 10.4 Å². The van der Waals surface area contributed by atoms with Crippen molar-refractivity contribution in [3.63, 3.8) is 0 Å². The summed E-state index contributed by atoms with van der Waals surface area (Å²) >= 11 is 17.2. The molecule has 1 aromatic carbocycles. The quantitative estimate of drug-likeness (QED) is 0.503. The summed E-state index contributed by atoms with van der Waals surface area (Å²) in [5.74, 6) is 0. The molecule has 0 spiro atoms. The third kappa shape index (κ3) is 4.30. The number of hydrogen-bond donors (Lipinski definition) is 4. The largest absolute Gasteiger partial charge is 0.347 e. The second-order valence-electron chi connectivity index (χ2n) is 2.57. The Hall–Kier alpha value is -0.280. The van der Waals surface area contributed by atoms with Crippen molar-refractivity contribution in [2.24, 2.45) is 0 Å². The fourth-order valence-corrected chi connectivity index (χ4v) is 1.91. The Kier molecular flexibility index (Phi) is 4.62. The molecule has 0 saturated heterocycles. The highest BCUT2D eigenvalue weighted by Crippen LogP contribution is 2.32. The van der Waals surface area contributed by atoms with Gasteiger partial charge in [0.25, 0.3) is 0 Å². The minimum atomic E-state index is -4.36. The van der Waals surface area contributed by atoms with Crippen LogP contribution >= 0.6 is 34.8 Å². The van der Waals surface area contributed by atoms with Gasteiger partial charge in [0.1, 0.15) is 0 Å². The van der Waals surface area contributed by atoms with E-state index >= 15 is 0 Å². The summed E-state index contributed by atoms with van der Waals surface area (Å²) in [4.78, 5) is 1.56. The molecule has 1 aromatic rings. The van der Waals surface area contributed by atoms with Crippen LogP contribution in [0.1, 0.15) is 0 Å².